The molecule has 1 fully saturated rings. The average molecular weight is 185 g/mol. The molecular formula is C11H23NO. The summed E-state index contributed by atoms with van der Waals surface area (Å²) in [7, 11) is 0. The van der Waals surface area contributed by atoms with Gasteiger partial charge in [0, 0.05) is 6.61 Å². The average Bonchev–Trinajstić information content (AvgIpc) is 2.09. The largest absolute Gasteiger partial charge is 0.396 e. The second-order valence-corrected chi connectivity index (χ2v) is 5.18. The van der Waals surface area contributed by atoms with E-state index in [1.54, 1.807) is 0 Å². The molecule has 78 valence electrons. The summed E-state index contributed by atoms with van der Waals surface area (Å²) in [5, 5.41) is 9.13. The summed E-state index contributed by atoms with van der Waals surface area (Å²) < 4.78 is 0. The van der Waals surface area contributed by atoms with Crippen LogP contribution < -0.4 is 5.73 Å². The predicted molar refractivity (Wildman–Crippen MR) is 55.4 cm³/mol. The van der Waals surface area contributed by atoms with Gasteiger partial charge in [-0.2, -0.15) is 0 Å². The Hall–Kier alpha value is -0.0800. The van der Waals surface area contributed by atoms with Gasteiger partial charge in [0.15, 0.2) is 0 Å². The van der Waals surface area contributed by atoms with Crippen molar-refractivity contribution in [2.75, 3.05) is 13.2 Å². The second-order valence-electron chi connectivity index (χ2n) is 5.18. The fraction of sp³-hybridized carbons (Fsp3) is 1.00. The van der Waals surface area contributed by atoms with Crippen LogP contribution in [0, 0.1) is 17.3 Å². The molecule has 0 amide bonds. The third-order valence-corrected chi connectivity index (χ3v) is 3.59. The van der Waals surface area contributed by atoms with Crippen molar-refractivity contribution in [1.29, 1.82) is 0 Å². The van der Waals surface area contributed by atoms with Crippen molar-refractivity contribution in [3.63, 3.8) is 0 Å². The van der Waals surface area contributed by atoms with E-state index in [0.29, 0.717) is 23.8 Å². The molecule has 0 bridgehead atoms. The molecule has 0 spiro atoms. The van der Waals surface area contributed by atoms with Gasteiger partial charge in [-0.1, -0.05) is 13.8 Å². The number of hydrogen-bond acceptors (Lipinski definition) is 2. The van der Waals surface area contributed by atoms with E-state index in [1.807, 2.05) is 0 Å². The molecule has 2 heteroatoms. The van der Waals surface area contributed by atoms with E-state index >= 15 is 0 Å². The Morgan fingerprint density at radius 2 is 1.92 bits per heavy atom. The molecule has 0 radical (unpaired) electrons. The van der Waals surface area contributed by atoms with Crippen molar-refractivity contribution in [1.82, 2.24) is 0 Å². The SMILES string of the molecule is CC1(C)CCC(C(CN)CO)CC1. The lowest BCUT2D eigenvalue weighted by Crippen LogP contribution is -2.32. The molecule has 1 atom stereocenters. The molecule has 1 aliphatic rings. The van der Waals surface area contributed by atoms with Crippen LogP contribution in [0.15, 0.2) is 0 Å². The van der Waals surface area contributed by atoms with Crippen LogP contribution >= 0.6 is 0 Å². The molecule has 0 heterocycles. The van der Waals surface area contributed by atoms with E-state index in [1.165, 1.54) is 25.7 Å². The Morgan fingerprint density at radius 3 is 2.31 bits per heavy atom. The lowest BCUT2D eigenvalue weighted by Gasteiger charge is -2.37. The minimum absolute atomic E-state index is 0.265. The Labute approximate surface area is 81.5 Å². The minimum atomic E-state index is 0.265. The van der Waals surface area contributed by atoms with Crippen molar-refractivity contribution in [2.24, 2.45) is 23.0 Å². The first kappa shape index (κ1) is 11.0. The second kappa shape index (κ2) is 4.43. The third-order valence-electron chi connectivity index (χ3n) is 3.59. The summed E-state index contributed by atoms with van der Waals surface area (Å²) in [5.41, 5.74) is 6.14. The highest BCUT2D eigenvalue weighted by atomic mass is 16.3. The van der Waals surface area contributed by atoms with E-state index in [-0.39, 0.29) is 6.61 Å². The lowest BCUT2D eigenvalue weighted by atomic mass is 9.69. The van der Waals surface area contributed by atoms with Gasteiger partial charge in [0.1, 0.15) is 0 Å². The maximum atomic E-state index is 9.13. The molecule has 0 saturated heterocycles. The van der Waals surface area contributed by atoms with Gasteiger partial charge in [0.05, 0.1) is 0 Å². The zero-order valence-corrected chi connectivity index (χ0v) is 8.92. The number of hydrogen-bond donors (Lipinski definition) is 2. The molecule has 1 saturated carbocycles. The molecule has 13 heavy (non-hydrogen) atoms. The zero-order valence-electron chi connectivity index (χ0n) is 8.92. The third kappa shape index (κ3) is 2.96. The first-order valence-electron chi connectivity index (χ1n) is 5.40. The summed E-state index contributed by atoms with van der Waals surface area (Å²) in [6.07, 6.45) is 5.06. The van der Waals surface area contributed by atoms with E-state index < -0.39 is 0 Å². The van der Waals surface area contributed by atoms with Gasteiger partial charge in [-0.25, -0.2) is 0 Å². The number of nitrogens with two attached hydrogens (primary N) is 1. The van der Waals surface area contributed by atoms with Crippen LogP contribution in [-0.2, 0) is 0 Å². The maximum absolute atomic E-state index is 9.13. The van der Waals surface area contributed by atoms with Gasteiger partial charge in [-0.15, -0.1) is 0 Å². The minimum Gasteiger partial charge on any atom is -0.396 e. The molecule has 3 N–H and O–H groups in total. The molecule has 1 aliphatic carbocycles. The van der Waals surface area contributed by atoms with E-state index in [4.69, 9.17) is 10.8 Å². The molecule has 0 aromatic heterocycles. The van der Waals surface area contributed by atoms with Crippen molar-refractivity contribution >= 4 is 0 Å². The Bertz CT molecular complexity index is 142. The van der Waals surface area contributed by atoms with Gasteiger partial charge in [-0.3, -0.25) is 0 Å². The van der Waals surface area contributed by atoms with Crippen molar-refractivity contribution in [3.8, 4) is 0 Å². The van der Waals surface area contributed by atoms with Crippen molar-refractivity contribution in [3.05, 3.63) is 0 Å². The molecule has 0 aromatic carbocycles. The number of rotatable bonds is 3. The summed E-state index contributed by atoms with van der Waals surface area (Å²) in [6, 6.07) is 0. The Morgan fingerprint density at radius 1 is 1.38 bits per heavy atom. The first-order chi connectivity index (χ1) is 6.09. The normalized spacial score (nSPS) is 25.8. The molecule has 1 unspecified atom stereocenters. The fourth-order valence-electron chi connectivity index (χ4n) is 2.31. The molecule has 2 nitrogen and oxygen atoms in total. The standard InChI is InChI=1S/C11H23NO/c1-11(2)5-3-9(4-6-11)10(7-12)8-13/h9-10,13H,3-8,12H2,1-2H3. The first-order valence-corrected chi connectivity index (χ1v) is 5.40. The highest BCUT2D eigenvalue weighted by Crippen LogP contribution is 2.40. The van der Waals surface area contributed by atoms with Crippen LogP contribution in [0.2, 0.25) is 0 Å². The summed E-state index contributed by atoms with van der Waals surface area (Å²) in [5.74, 6) is 1.01. The highest BCUT2D eigenvalue weighted by molar-refractivity contribution is 4.82. The molecular weight excluding hydrogens is 162 g/mol. The molecule has 0 aromatic rings. The summed E-state index contributed by atoms with van der Waals surface area (Å²) in [4.78, 5) is 0. The van der Waals surface area contributed by atoms with Crippen LogP contribution in [0.3, 0.4) is 0 Å². The topological polar surface area (TPSA) is 46.2 Å². The van der Waals surface area contributed by atoms with Crippen LogP contribution in [0.4, 0.5) is 0 Å². The van der Waals surface area contributed by atoms with Crippen LogP contribution in [0.25, 0.3) is 0 Å². The Balaban J connectivity index is 2.39. The van der Waals surface area contributed by atoms with Gasteiger partial charge >= 0.3 is 0 Å². The van der Waals surface area contributed by atoms with E-state index in [2.05, 4.69) is 13.8 Å². The van der Waals surface area contributed by atoms with Crippen molar-refractivity contribution < 1.29 is 5.11 Å². The fourth-order valence-corrected chi connectivity index (χ4v) is 2.31. The van der Waals surface area contributed by atoms with Gasteiger partial charge in [0.25, 0.3) is 0 Å². The predicted octanol–water partition coefficient (Wildman–Crippen LogP) is 1.77. The van der Waals surface area contributed by atoms with Crippen LogP contribution in [0.1, 0.15) is 39.5 Å². The zero-order chi connectivity index (χ0) is 9.90. The van der Waals surface area contributed by atoms with Gasteiger partial charge in [-0.05, 0) is 49.5 Å². The number of aliphatic hydroxyl groups excluding tert-OH is 1. The maximum Gasteiger partial charge on any atom is 0.0473 e. The molecule has 0 aliphatic heterocycles. The van der Waals surface area contributed by atoms with Crippen LogP contribution in [0.5, 0.6) is 0 Å². The van der Waals surface area contributed by atoms with E-state index in [9.17, 15) is 0 Å². The molecule has 1 rings (SSSR count). The summed E-state index contributed by atoms with van der Waals surface area (Å²) in [6.45, 7) is 5.57. The highest BCUT2D eigenvalue weighted by Gasteiger charge is 2.30. The summed E-state index contributed by atoms with van der Waals surface area (Å²) >= 11 is 0. The quantitative estimate of drug-likeness (QED) is 0.704. The van der Waals surface area contributed by atoms with Gasteiger partial charge in [0.2, 0.25) is 0 Å². The van der Waals surface area contributed by atoms with Crippen LogP contribution in [-0.4, -0.2) is 18.3 Å². The van der Waals surface area contributed by atoms with Crippen molar-refractivity contribution in [2.45, 2.75) is 39.5 Å². The smallest absolute Gasteiger partial charge is 0.0473 e. The Kier molecular flexibility index (Phi) is 3.74. The van der Waals surface area contributed by atoms with Gasteiger partial charge < -0.3 is 10.8 Å². The van der Waals surface area contributed by atoms with E-state index in [0.717, 1.165) is 0 Å². The number of aliphatic hydroxyl groups is 1. The lowest BCUT2D eigenvalue weighted by molar-refractivity contribution is 0.109. The monoisotopic (exact) mass is 185 g/mol.